The molecule has 0 saturated heterocycles. The molecule has 1 amide bonds. The van der Waals surface area contributed by atoms with E-state index in [1.54, 1.807) is 19.0 Å². The molecule has 2 heteroatoms. The highest BCUT2D eigenvalue weighted by Gasteiger charge is 2.19. The van der Waals surface area contributed by atoms with Crippen molar-refractivity contribution in [1.29, 1.82) is 0 Å². The fourth-order valence-corrected chi connectivity index (χ4v) is 1.76. The van der Waals surface area contributed by atoms with Crippen molar-refractivity contribution in [3.63, 3.8) is 0 Å². The van der Waals surface area contributed by atoms with E-state index in [0.29, 0.717) is 5.92 Å². The molecule has 1 aliphatic carbocycles. The van der Waals surface area contributed by atoms with Crippen LogP contribution in [0.4, 0.5) is 0 Å². The van der Waals surface area contributed by atoms with E-state index in [9.17, 15) is 4.79 Å². The average Bonchev–Trinajstić information content (AvgIpc) is 2.16. The smallest absolute Gasteiger partial charge is 0.248 e. The molecule has 1 rings (SSSR count). The number of rotatable bonds is 2. The minimum atomic E-state index is 0.158. The third kappa shape index (κ3) is 2.47. The summed E-state index contributed by atoms with van der Waals surface area (Å²) in [5, 5.41) is 0. The molecule has 14 heavy (non-hydrogen) atoms. The molecule has 0 aliphatic heterocycles. The molecule has 0 aromatic heterocycles. The van der Waals surface area contributed by atoms with Crippen molar-refractivity contribution in [1.82, 2.24) is 4.90 Å². The Morgan fingerprint density at radius 1 is 1.57 bits per heavy atom. The zero-order valence-electron chi connectivity index (χ0n) is 9.34. The van der Waals surface area contributed by atoms with Gasteiger partial charge in [-0.25, -0.2) is 0 Å². The fraction of sp³-hybridized carbons (Fsp3) is 0.583. The van der Waals surface area contributed by atoms with Gasteiger partial charge in [0.15, 0.2) is 0 Å². The van der Waals surface area contributed by atoms with E-state index >= 15 is 0 Å². The van der Waals surface area contributed by atoms with Gasteiger partial charge in [0, 0.05) is 19.7 Å². The maximum absolute atomic E-state index is 11.6. The molecule has 0 bridgehead atoms. The first-order valence-electron chi connectivity index (χ1n) is 5.08. The third-order valence-corrected chi connectivity index (χ3v) is 2.79. The zero-order valence-corrected chi connectivity index (χ0v) is 9.34. The Bertz CT molecular complexity index is 276. The van der Waals surface area contributed by atoms with Gasteiger partial charge in [-0.2, -0.15) is 0 Å². The summed E-state index contributed by atoms with van der Waals surface area (Å²) in [6, 6.07) is 0. The quantitative estimate of drug-likeness (QED) is 0.617. The lowest BCUT2D eigenvalue weighted by Gasteiger charge is -2.23. The second-order valence-electron chi connectivity index (χ2n) is 4.25. The van der Waals surface area contributed by atoms with Crippen LogP contribution in [-0.4, -0.2) is 24.9 Å². The topological polar surface area (TPSA) is 20.3 Å². The first kappa shape index (κ1) is 11.0. The lowest BCUT2D eigenvalue weighted by Crippen LogP contribution is -2.25. The molecule has 1 aliphatic rings. The zero-order chi connectivity index (χ0) is 10.7. The summed E-state index contributed by atoms with van der Waals surface area (Å²) in [4.78, 5) is 13.3. The van der Waals surface area contributed by atoms with Crippen molar-refractivity contribution >= 4 is 5.91 Å². The minimum Gasteiger partial charge on any atom is -0.345 e. The number of nitrogens with zero attached hydrogens (tertiary/aromatic N) is 1. The van der Waals surface area contributed by atoms with Crippen LogP contribution in [-0.2, 0) is 4.79 Å². The van der Waals surface area contributed by atoms with Crippen LogP contribution in [0.1, 0.15) is 26.2 Å². The number of hydrogen-bond donors (Lipinski definition) is 0. The molecular formula is C12H19NO. The maximum atomic E-state index is 11.6. The van der Waals surface area contributed by atoms with Crippen molar-refractivity contribution in [2.45, 2.75) is 26.2 Å². The van der Waals surface area contributed by atoms with E-state index in [0.717, 1.165) is 24.8 Å². The molecule has 0 radical (unpaired) electrons. The van der Waals surface area contributed by atoms with Gasteiger partial charge in [-0.15, -0.1) is 0 Å². The van der Waals surface area contributed by atoms with Crippen LogP contribution in [0.5, 0.6) is 0 Å². The fourth-order valence-electron chi connectivity index (χ4n) is 1.76. The Hall–Kier alpha value is -1.05. The van der Waals surface area contributed by atoms with Gasteiger partial charge in [0.25, 0.3) is 0 Å². The molecule has 1 atom stereocenters. The summed E-state index contributed by atoms with van der Waals surface area (Å²) in [5.41, 5.74) is 2.20. The van der Waals surface area contributed by atoms with E-state index in [1.165, 1.54) is 5.57 Å². The van der Waals surface area contributed by atoms with Gasteiger partial charge in [0.2, 0.25) is 5.91 Å². The van der Waals surface area contributed by atoms with Crippen LogP contribution in [0.15, 0.2) is 23.8 Å². The average molecular weight is 193 g/mol. The first-order valence-corrected chi connectivity index (χ1v) is 5.08. The summed E-state index contributed by atoms with van der Waals surface area (Å²) < 4.78 is 0. The van der Waals surface area contributed by atoms with Gasteiger partial charge in [0.1, 0.15) is 0 Å². The van der Waals surface area contributed by atoms with Crippen molar-refractivity contribution in [2.24, 2.45) is 5.92 Å². The van der Waals surface area contributed by atoms with Gasteiger partial charge in [0.05, 0.1) is 0 Å². The molecule has 0 aromatic rings. The largest absolute Gasteiger partial charge is 0.345 e. The van der Waals surface area contributed by atoms with Crippen LogP contribution in [0.25, 0.3) is 0 Å². The van der Waals surface area contributed by atoms with Crippen LogP contribution < -0.4 is 0 Å². The van der Waals surface area contributed by atoms with Crippen molar-refractivity contribution in [2.75, 3.05) is 14.1 Å². The Morgan fingerprint density at radius 2 is 2.21 bits per heavy atom. The number of hydrogen-bond acceptors (Lipinski definition) is 1. The number of amides is 1. The van der Waals surface area contributed by atoms with Gasteiger partial charge in [-0.1, -0.05) is 18.2 Å². The number of carbonyl (C=O) groups is 1. The Kier molecular flexibility index (Phi) is 3.50. The number of likely N-dealkylation sites (N-methyl/N-ethyl adjacent to an activating group) is 1. The van der Waals surface area contributed by atoms with E-state index in [4.69, 9.17) is 0 Å². The minimum absolute atomic E-state index is 0.158. The molecule has 0 spiro atoms. The summed E-state index contributed by atoms with van der Waals surface area (Å²) >= 11 is 0. The van der Waals surface area contributed by atoms with E-state index < -0.39 is 0 Å². The van der Waals surface area contributed by atoms with Crippen LogP contribution in [0.2, 0.25) is 0 Å². The first-order chi connectivity index (χ1) is 6.52. The maximum Gasteiger partial charge on any atom is 0.248 e. The normalized spacial score (nSPS) is 21.4. The number of allylic oxidation sites excluding steroid dienone is 2. The van der Waals surface area contributed by atoms with Gasteiger partial charge in [-0.05, 0) is 32.1 Å². The summed E-state index contributed by atoms with van der Waals surface area (Å²) in [5.74, 6) is 0.735. The summed E-state index contributed by atoms with van der Waals surface area (Å²) in [6.45, 7) is 6.03. The van der Waals surface area contributed by atoms with Crippen LogP contribution in [0, 0.1) is 5.92 Å². The van der Waals surface area contributed by atoms with E-state index in [1.807, 2.05) is 0 Å². The lowest BCUT2D eigenvalue weighted by atomic mass is 9.85. The molecule has 0 fully saturated rings. The van der Waals surface area contributed by atoms with Gasteiger partial charge >= 0.3 is 0 Å². The van der Waals surface area contributed by atoms with Gasteiger partial charge in [-0.3, -0.25) is 4.79 Å². The lowest BCUT2D eigenvalue weighted by molar-refractivity contribution is -0.125. The molecular weight excluding hydrogens is 174 g/mol. The summed E-state index contributed by atoms with van der Waals surface area (Å²) in [6.07, 6.45) is 5.02. The monoisotopic (exact) mass is 193 g/mol. The molecule has 0 saturated carbocycles. The molecule has 2 nitrogen and oxygen atoms in total. The van der Waals surface area contributed by atoms with E-state index in [-0.39, 0.29) is 5.91 Å². The predicted octanol–water partition coefficient (Wildman–Crippen LogP) is 2.38. The third-order valence-electron chi connectivity index (χ3n) is 2.79. The Morgan fingerprint density at radius 3 is 2.57 bits per heavy atom. The molecule has 0 N–H and O–H groups in total. The Balaban J connectivity index is 2.61. The van der Waals surface area contributed by atoms with Crippen molar-refractivity contribution in [3.8, 4) is 0 Å². The Labute approximate surface area is 86.3 Å². The van der Waals surface area contributed by atoms with E-state index in [2.05, 4.69) is 19.6 Å². The second-order valence-corrected chi connectivity index (χ2v) is 4.25. The predicted molar refractivity (Wildman–Crippen MR) is 58.9 cm³/mol. The van der Waals surface area contributed by atoms with Crippen LogP contribution in [0.3, 0.4) is 0 Å². The highest BCUT2D eigenvalue weighted by molar-refractivity contribution is 5.93. The van der Waals surface area contributed by atoms with Crippen molar-refractivity contribution in [3.05, 3.63) is 23.8 Å². The highest BCUT2D eigenvalue weighted by atomic mass is 16.2. The molecule has 78 valence electrons. The highest BCUT2D eigenvalue weighted by Crippen LogP contribution is 2.28. The van der Waals surface area contributed by atoms with Crippen LogP contribution >= 0.6 is 0 Å². The summed E-state index contributed by atoms with van der Waals surface area (Å²) in [7, 11) is 3.60. The SMILES string of the molecule is C=C(C)C1CC=C(C(=O)N(C)C)CC1. The van der Waals surface area contributed by atoms with Gasteiger partial charge < -0.3 is 4.90 Å². The second kappa shape index (κ2) is 4.45. The number of carbonyl (C=O) groups excluding carboxylic acids is 1. The molecule has 0 aromatic carbocycles. The standard InChI is InChI=1S/C12H19NO/c1-9(2)10-5-7-11(8-6-10)12(14)13(3)4/h7,10H,1,5-6,8H2,2-4H3. The van der Waals surface area contributed by atoms with Crippen molar-refractivity contribution < 1.29 is 4.79 Å². The molecule has 1 unspecified atom stereocenters. The molecule has 0 heterocycles.